The molecule has 1 saturated heterocycles. The van der Waals surface area contributed by atoms with E-state index in [4.69, 9.17) is 4.74 Å². The van der Waals surface area contributed by atoms with Gasteiger partial charge in [-0.2, -0.15) is 0 Å². The van der Waals surface area contributed by atoms with Crippen molar-refractivity contribution in [1.82, 2.24) is 4.90 Å². The molecular formula is C14H21NO. The van der Waals surface area contributed by atoms with Crippen molar-refractivity contribution in [3.05, 3.63) is 29.8 Å². The third-order valence-corrected chi connectivity index (χ3v) is 3.85. The Bertz CT molecular complexity index is 354. The summed E-state index contributed by atoms with van der Waals surface area (Å²) in [5.41, 5.74) is 1.64. The van der Waals surface area contributed by atoms with Gasteiger partial charge in [0.15, 0.2) is 0 Å². The maximum absolute atomic E-state index is 5.48. The van der Waals surface area contributed by atoms with Gasteiger partial charge < -0.3 is 9.64 Å². The number of likely N-dealkylation sites (tertiary alicyclic amines) is 1. The Balaban J connectivity index is 2.28. The van der Waals surface area contributed by atoms with Crippen molar-refractivity contribution < 1.29 is 4.74 Å². The zero-order valence-electron chi connectivity index (χ0n) is 10.5. The Morgan fingerprint density at radius 1 is 1.19 bits per heavy atom. The van der Waals surface area contributed by atoms with Crippen molar-refractivity contribution in [2.75, 3.05) is 27.2 Å². The number of benzene rings is 1. The summed E-state index contributed by atoms with van der Waals surface area (Å²) in [6.45, 7) is 4.71. The van der Waals surface area contributed by atoms with E-state index in [-0.39, 0.29) is 5.41 Å². The largest absolute Gasteiger partial charge is 0.496 e. The summed E-state index contributed by atoms with van der Waals surface area (Å²) in [5, 5.41) is 0. The fraction of sp³-hybridized carbons (Fsp3) is 0.571. The molecule has 16 heavy (non-hydrogen) atoms. The zero-order chi connectivity index (χ0) is 11.6. The molecule has 0 radical (unpaired) electrons. The minimum atomic E-state index is 0.277. The van der Waals surface area contributed by atoms with Gasteiger partial charge in [-0.25, -0.2) is 0 Å². The second-order valence-electron chi connectivity index (χ2n) is 5.06. The van der Waals surface area contributed by atoms with Crippen molar-refractivity contribution in [3.63, 3.8) is 0 Å². The van der Waals surface area contributed by atoms with Crippen molar-refractivity contribution in [3.8, 4) is 5.75 Å². The van der Waals surface area contributed by atoms with E-state index in [0.717, 1.165) is 5.75 Å². The van der Waals surface area contributed by atoms with E-state index < -0.39 is 0 Å². The highest BCUT2D eigenvalue weighted by Gasteiger charge is 2.32. The molecule has 0 aromatic heterocycles. The lowest BCUT2D eigenvalue weighted by molar-refractivity contribution is 0.196. The Labute approximate surface area is 98.2 Å². The highest BCUT2D eigenvalue weighted by Crippen LogP contribution is 2.39. The average Bonchev–Trinajstić information content (AvgIpc) is 2.33. The Hall–Kier alpha value is -1.02. The van der Waals surface area contributed by atoms with Crippen LogP contribution in [0.5, 0.6) is 5.75 Å². The zero-order valence-corrected chi connectivity index (χ0v) is 10.5. The molecule has 88 valence electrons. The van der Waals surface area contributed by atoms with Gasteiger partial charge in [0, 0.05) is 5.56 Å². The first kappa shape index (κ1) is 11.5. The van der Waals surface area contributed by atoms with Crippen LogP contribution in [0, 0.1) is 0 Å². The molecule has 0 bridgehead atoms. The molecule has 0 amide bonds. The maximum Gasteiger partial charge on any atom is 0.122 e. The molecule has 1 fully saturated rings. The fourth-order valence-corrected chi connectivity index (χ4v) is 2.52. The number of hydrogen-bond acceptors (Lipinski definition) is 2. The number of ether oxygens (including phenoxy) is 1. The number of hydrogen-bond donors (Lipinski definition) is 0. The standard InChI is InChI=1S/C14H21NO/c1-14(8-10-15(2)11-9-14)12-6-4-5-7-13(12)16-3/h4-7H,8-11H2,1-3H3. The van der Waals surface area contributed by atoms with Crippen molar-refractivity contribution in [1.29, 1.82) is 0 Å². The molecule has 1 aromatic rings. The second-order valence-corrected chi connectivity index (χ2v) is 5.06. The van der Waals surface area contributed by atoms with Crippen molar-refractivity contribution >= 4 is 0 Å². The van der Waals surface area contributed by atoms with Crippen LogP contribution in [-0.4, -0.2) is 32.1 Å². The predicted molar refractivity (Wildman–Crippen MR) is 67.1 cm³/mol. The molecule has 0 aliphatic carbocycles. The highest BCUT2D eigenvalue weighted by molar-refractivity contribution is 5.39. The molecule has 1 aliphatic rings. The number of nitrogens with zero attached hydrogens (tertiary/aromatic N) is 1. The first-order chi connectivity index (χ1) is 7.65. The molecule has 2 heteroatoms. The topological polar surface area (TPSA) is 12.5 Å². The summed E-state index contributed by atoms with van der Waals surface area (Å²) in [4.78, 5) is 2.40. The van der Waals surface area contributed by atoms with Gasteiger partial charge in [0.05, 0.1) is 7.11 Å². The molecule has 0 saturated carbocycles. The summed E-state index contributed by atoms with van der Waals surface area (Å²) in [6.07, 6.45) is 2.42. The minimum absolute atomic E-state index is 0.277. The molecule has 1 aromatic carbocycles. The van der Waals surface area contributed by atoms with Crippen LogP contribution in [0.2, 0.25) is 0 Å². The van der Waals surface area contributed by atoms with Crippen LogP contribution >= 0.6 is 0 Å². The Kier molecular flexibility index (Phi) is 3.20. The molecular weight excluding hydrogens is 198 g/mol. The number of piperidine rings is 1. The van der Waals surface area contributed by atoms with E-state index >= 15 is 0 Å². The number of rotatable bonds is 2. The Morgan fingerprint density at radius 3 is 2.44 bits per heavy atom. The lowest BCUT2D eigenvalue weighted by Crippen LogP contribution is -2.39. The minimum Gasteiger partial charge on any atom is -0.496 e. The van der Waals surface area contributed by atoms with Crippen LogP contribution < -0.4 is 4.74 Å². The summed E-state index contributed by atoms with van der Waals surface area (Å²) < 4.78 is 5.48. The van der Waals surface area contributed by atoms with Gasteiger partial charge in [-0.1, -0.05) is 25.1 Å². The van der Waals surface area contributed by atoms with Crippen LogP contribution in [0.25, 0.3) is 0 Å². The Morgan fingerprint density at radius 2 is 1.81 bits per heavy atom. The van der Waals surface area contributed by atoms with Gasteiger partial charge in [-0.05, 0) is 44.5 Å². The van der Waals surface area contributed by atoms with E-state index in [1.165, 1.54) is 31.5 Å². The monoisotopic (exact) mass is 219 g/mol. The molecule has 0 atom stereocenters. The first-order valence-electron chi connectivity index (χ1n) is 5.98. The smallest absolute Gasteiger partial charge is 0.122 e. The predicted octanol–water partition coefficient (Wildman–Crippen LogP) is 2.68. The maximum atomic E-state index is 5.48. The third-order valence-electron chi connectivity index (χ3n) is 3.85. The second kappa shape index (κ2) is 4.46. The van der Waals surface area contributed by atoms with Gasteiger partial charge in [0.25, 0.3) is 0 Å². The van der Waals surface area contributed by atoms with Crippen LogP contribution in [0.4, 0.5) is 0 Å². The van der Waals surface area contributed by atoms with Crippen LogP contribution in [0.3, 0.4) is 0 Å². The fourth-order valence-electron chi connectivity index (χ4n) is 2.52. The molecule has 0 spiro atoms. The van der Waals surface area contributed by atoms with E-state index in [2.05, 4.69) is 37.1 Å². The van der Waals surface area contributed by atoms with Gasteiger partial charge >= 0.3 is 0 Å². The molecule has 0 N–H and O–H groups in total. The van der Waals surface area contributed by atoms with Gasteiger partial charge in [-0.3, -0.25) is 0 Å². The van der Waals surface area contributed by atoms with Crippen molar-refractivity contribution in [2.24, 2.45) is 0 Å². The quantitative estimate of drug-likeness (QED) is 0.758. The van der Waals surface area contributed by atoms with Crippen LogP contribution in [0.15, 0.2) is 24.3 Å². The van der Waals surface area contributed by atoms with E-state index in [0.29, 0.717) is 0 Å². The number of para-hydroxylation sites is 1. The van der Waals surface area contributed by atoms with Gasteiger partial charge in [0.2, 0.25) is 0 Å². The molecule has 2 rings (SSSR count). The molecule has 1 aliphatic heterocycles. The van der Waals surface area contributed by atoms with Gasteiger partial charge in [0.1, 0.15) is 5.75 Å². The highest BCUT2D eigenvalue weighted by atomic mass is 16.5. The summed E-state index contributed by atoms with van der Waals surface area (Å²) >= 11 is 0. The van der Waals surface area contributed by atoms with Gasteiger partial charge in [-0.15, -0.1) is 0 Å². The molecule has 2 nitrogen and oxygen atoms in total. The summed E-state index contributed by atoms with van der Waals surface area (Å²) in [5.74, 6) is 1.04. The van der Waals surface area contributed by atoms with Crippen LogP contribution in [0.1, 0.15) is 25.3 Å². The van der Waals surface area contributed by atoms with Crippen molar-refractivity contribution in [2.45, 2.75) is 25.2 Å². The molecule has 0 unspecified atom stereocenters. The molecule has 1 heterocycles. The van der Waals surface area contributed by atoms with E-state index in [9.17, 15) is 0 Å². The van der Waals surface area contributed by atoms with E-state index in [1.54, 1.807) is 7.11 Å². The SMILES string of the molecule is COc1ccccc1C1(C)CCN(C)CC1. The summed E-state index contributed by atoms with van der Waals surface area (Å²) in [6, 6.07) is 8.44. The van der Waals surface area contributed by atoms with E-state index in [1.807, 2.05) is 6.07 Å². The van der Waals surface area contributed by atoms with Crippen LogP contribution in [-0.2, 0) is 5.41 Å². The normalized spacial score (nSPS) is 20.7. The third kappa shape index (κ3) is 2.07. The average molecular weight is 219 g/mol. The first-order valence-corrected chi connectivity index (χ1v) is 5.98. The lowest BCUT2D eigenvalue weighted by atomic mass is 9.74. The number of methoxy groups -OCH3 is 1. The lowest BCUT2D eigenvalue weighted by Gasteiger charge is -2.38. The summed E-state index contributed by atoms with van der Waals surface area (Å²) in [7, 11) is 3.96.